The van der Waals surface area contributed by atoms with Gasteiger partial charge in [0.2, 0.25) is 0 Å². The molecule has 0 saturated heterocycles. The van der Waals surface area contributed by atoms with E-state index in [1.165, 1.54) is 0 Å². The van der Waals surface area contributed by atoms with Gasteiger partial charge in [-0.3, -0.25) is 0 Å². The van der Waals surface area contributed by atoms with Crippen molar-refractivity contribution < 1.29 is 4.74 Å². The van der Waals surface area contributed by atoms with Crippen molar-refractivity contribution in [3.05, 3.63) is 41.4 Å². The van der Waals surface area contributed by atoms with Gasteiger partial charge in [-0.2, -0.15) is 0 Å². The smallest absolute Gasteiger partial charge is 0.122 e. The molecule has 0 fully saturated rings. The van der Waals surface area contributed by atoms with Gasteiger partial charge in [-0.05, 0) is 36.6 Å². The van der Waals surface area contributed by atoms with Crippen molar-refractivity contribution in [1.82, 2.24) is 0 Å². The zero-order chi connectivity index (χ0) is 11.1. The summed E-state index contributed by atoms with van der Waals surface area (Å²) in [5.74, 6) is 0.924. The van der Waals surface area contributed by atoms with E-state index in [9.17, 15) is 0 Å². The van der Waals surface area contributed by atoms with Crippen molar-refractivity contribution in [3.63, 3.8) is 0 Å². The first kappa shape index (κ1) is 12.1. The molecule has 0 unspecified atom stereocenters. The lowest BCUT2D eigenvalue weighted by molar-refractivity contribution is 0.307. The summed E-state index contributed by atoms with van der Waals surface area (Å²) in [6, 6.07) is 5.72. The van der Waals surface area contributed by atoms with Gasteiger partial charge in [0.25, 0.3) is 0 Å². The normalized spacial score (nSPS) is 10.0. The van der Waals surface area contributed by atoms with Crippen LogP contribution in [-0.4, -0.2) is 6.61 Å². The average molecular weight is 225 g/mol. The van der Waals surface area contributed by atoms with E-state index < -0.39 is 0 Å². The maximum Gasteiger partial charge on any atom is 0.122 e. The van der Waals surface area contributed by atoms with E-state index in [2.05, 4.69) is 13.5 Å². The summed E-state index contributed by atoms with van der Waals surface area (Å²) >= 11 is 5.92. The Morgan fingerprint density at radius 1 is 1.47 bits per heavy atom. The lowest BCUT2D eigenvalue weighted by atomic mass is 10.1. The summed E-state index contributed by atoms with van der Waals surface area (Å²) in [7, 11) is 0. The maximum absolute atomic E-state index is 5.92. The molecule has 0 aliphatic heterocycles. The highest BCUT2D eigenvalue weighted by molar-refractivity contribution is 6.30. The van der Waals surface area contributed by atoms with E-state index in [0.717, 1.165) is 42.2 Å². The molecule has 0 atom stereocenters. The number of benzene rings is 1. The van der Waals surface area contributed by atoms with Crippen LogP contribution in [-0.2, 0) is 6.42 Å². The molecule has 0 aliphatic carbocycles. The molecule has 2 heteroatoms. The minimum absolute atomic E-state index is 0.745. The van der Waals surface area contributed by atoms with Gasteiger partial charge < -0.3 is 4.74 Å². The van der Waals surface area contributed by atoms with E-state index >= 15 is 0 Å². The van der Waals surface area contributed by atoms with E-state index in [-0.39, 0.29) is 0 Å². The van der Waals surface area contributed by atoms with Crippen molar-refractivity contribution in [3.8, 4) is 5.75 Å². The average Bonchev–Trinajstić information content (AvgIpc) is 2.22. The fourth-order valence-corrected chi connectivity index (χ4v) is 1.53. The Morgan fingerprint density at radius 3 is 2.93 bits per heavy atom. The summed E-state index contributed by atoms with van der Waals surface area (Å²) in [4.78, 5) is 0. The summed E-state index contributed by atoms with van der Waals surface area (Å²) in [5, 5.41) is 0.745. The van der Waals surface area contributed by atoms with Crippen LogP contribution in [0.3, 0.4) is 0 Å². The molecule has 0 amide bonds. The molecule has 0 bridgehead atoms. The lowest BCUT2D eigenvalue weighted by Gasteiger charge is -2.10. The third-order valence-corrected chi connectivity index (χ3v) is 2.38. The molecule has 0 N–H and O–H groups in total. The third kappa shape index (κ3) is 3.96. The highest BCUT2D eigenvalue weighted by Gasteiger charge is 2.02. The first-order valence-corrected chi connectivity index (χ1v) is 5.67. The number of rotatable bonds is 6. The van der Waals surface area contributed by atoms with E-state index in [0.29, 0.717) is 0 Å². The second-order valence-electron chi connectivity index (χ2n) is 3.45. The second-order valence-corrected chi connectivity index (χ2v) is 3.88. The number of halogens is 1. The molecule has 0 spiro atoms. The van der Waals surface area contributed by atoms with Gasteiger partial charge in [0.15, 0.2) is 0 Å². The van der Waals surface area contributed by atoms with Gasteiger partial charge in [0, 0.05) is 5.02 Å². The number of allylic oxidation sites excluding steroid dienone is 1. The fraction of sp³-hybridized carbons (Fsp3) is 0.385. The fourth-order valence-electron chi connectivity index (χ4n) is 1.33. The Hall–Kier alpha value is -0.950. The van der Waals surface area contributed by atoms with Crippen molar-refractivity contribution in [2.75, 3.05) is 6.61 Å². The zero-order valence-corrected chi connectivity index (χ0v) is 9.89. The molecule has 0 heterocycles. The molecule has 1 rings (SSSR count). The number of ether oxygens (including phenoxy) is 1. The molecule has 1 nitrogen and oxygen atoms in total. The standard InChI is InChI=1S/C13H17ClO/c1-3-5-9-15-13-8-7-12(14)10-11(13)6-4-2/h4,7-8,10H,2-3,5-6,9H2,1H3. The highest BCUT2D eigenvalue weighted by atomic mass is 35.5. The number of unbranched alkanes of at least 4 members (excludes halogenated alkanes) is 1. The molecule has 0 radical (unpaired) electrons. The predicted octanol–water partition coefficient (Wildman–Crippen LogP) is 4.25. The van der Waals surface area contributed by atoms with E-state index in [4.69, 9.17) is 16.3 Å². The Kier molecular flexibility index (Phi) is 5.27. The molecular weight excluding hydrogens is 208 g/mol. The molecule has 0 saturated carbocycles. The van der Waals surface area contributed by atoms with Crippen molar-refractivity contribution in [1.29, 1.82) is 0 Å². The van der Waals surface area contributed by atoms with Gasteiger partial charge in [0.05, 0.1) is 6.61 Å². The van der Waals surface area contributed by atoms with Crippen LogP contribution >= 0.6 is 11.6 Å². The minimum Gasteiger partial charge on any atom is -0.493 e. The summed E-state index contributed by atoms with van der Waals surface area (Å²) in [6.45, 7) is 6.64. The highest BCUT2D eigenvalue weighted by Crippen LogP contribution is 2.23. The molecule has 0 aromatic heterocycles. The van der Waals surface area contributed by atoms with Crippen molar-refractivity contribution in [2.45, 2.75) is 26.2 Å². The Bertz CT molecular complexity index is 320. The topological polar surface area (TPSA) is 9.23 Å². The molecule has 1 aromatic carbocycles. The quantitative estimate of drug-likeness (QED) is 0.519. The van der Waals surface area contributed by atoms with Crippen LogP contribution in [0.2, 0.25) is 5.02 Å². The summed E-state index contributed by atoms with van der Waals surface area (Å²) < 4.78 is 5.68. The summed E-state index contributed by atoms with van der Waals surface area (Å²) in [5.41, 5.74) is 1.11. The van der Waals surface area contributed by atoms with Crippen LogP contribution in [0.15, 0.2) is 30.9 Å². The first-order valence-electron chi connectivity index (χ1n) is 5.30. The van der Waals surface area contributed by atoms with Gasteiger partial charge in [-0.1, -0.05) is 31.0 Å². The molecule has 0 aliphatic rings. The van der Waals surface area contributed by atoms with Gasteiger partial charge in [-0.15, -0.1) is 6.58 Å². The molecular formula is C13H17ClO. The zero-order valence-electron chi connectivity index (χ0n) is 9.13. The van der Waals surface area contributed by atoms with Crippen molar-refractivity contribution in [2.24, 2.45) is 0 Å². The summed E-state index contributed by atoms with van der Waals surface area (Å²) in [6.07, 6.45) is 4.88. The van der Waals surface area contributed by atoms with Crippen molar-refractivity contribution >= 4 is 11.6 Å². The van der Waals surface area contributed by atoms with Gasteiger partial charge >= 0.3 is 0 Å². The molecule has 82 valence electrons. The van der Waals surface area contributed by atoms with Crippen LogP contribution < -0.4 is 4.74 Å². The Balaban J connectivity index is 2.71. The van der Waals surface area contributed by atoms with E-state index in [1.807, 2.05) is 24.3 Å². The van der Waals surface area contributed by atoms with Crippen LogP contribution in [0.4, 0.5) is 0 Å². The lowest BCUT2D eigenvalue weighted by Crippen LogP contribution is -1.99. The molecule has 1 aromatic rings. The van der Waals surface area contributed by atoms with Crippen LogP contribution in [0.5, 0.6) is 5.75 Å². The van der Waals surface area contributed by atoms with Gasteiger partial charge in [-0.25, -0.2) is 0 Å². The minimum atomic E-state index is 0.745. The number of hydrogen-bond acceptors (Lipinski definition) is 1. The SMILES string of the molecule is C=CCc1cc(Cl)ccc1OCCCC. The second kappa shape index (κ2) is 6.52. The van der Waals surface area contributed by atoms with Crippen LogP contribution in [0.1, 0.15) is 25.3 Å². The predicted molar refractivity (Wildman–Crippen MR) is 65.8 cm³/mol. The Labute approximate surface area is 96.7 Å². The largest absolute Gasteiger partial charge is 0.493 e. The van der Waals surface area contributed by atoms with E-state index in [1.54, 1.807) is 0 Å². The van der Waals surface area contributed by atoms with Crippen LogP contribution in [0.25, 0.3) is 0 Å². The first-order chi connectivity index (χ1) is 7.27. The monoisotopic (exact) mass is 224 g/mol. The Morgan fingerprint density at radius 2 is 2.27 bits per heavy atom. The maximum atomic E-state index is 5.92. The van der Waals surface area contributed by atoms with Gasteiger partial charge in [0.1, 0.15) is 5.75 Å². The molecule has 15 heavy (non-hydrogen) atoms. The number of hydrogen-bond donors (Lipinski definition) is 0. The third-order valence-electron chi connectivity index (χ3n) is 2.14. The van der Waals surface area contributed by atoms with Crippen LogP contribution in [0, 0.1) is 0 Å².